The molecule has 1 N–H and O–H groups in total. The van der Waals surface area contributed by atoms with E-state index < -0.39 is 10.0 Å². The number of nitrogens with one attached hydrogen (secondary N) is 1. The first-order valence-corrected chi connectivity index (χ1v) is 11.0. The summed E-state index contributed by atoms with van der Waals surface area (Å²) in [7, 11) is 1.33. The molecule has 2 aromatic rings. The van der Waals surface area contributed by atoms with E-state index in [0.717, 1.165) is 43.5 Å². The fourth-order valence-corrected chi connectivity index (χ4v) is 4.41. The summed E-state index contributed by atoms with van der Waals surface area (Å²) in [4.78, 5) is 13.6. The lowest BCUT2D eigenvalue weighted by atomic mass is 10.2. The van der Waals surface area contributed by atoms with E-state index in [1.807, 2.05) is 30.3 Å². The molecular weight excluding hydrogens is 388 g/mol. The van der Waals surface area contributed by atoms with Crippen LogP contribution in [-0.2, 0) is 16.6 Å². The minimum Gasteiger partial charge on any atom is -0.353 e. The third kappa shape index (κ3) is 4.86. The Balaban J connectivity index is 1.64. The van der Waals surface area contributed by atoms with Gasteiger partial charge in [0.25, 0.3) is 0 Å². The van der Waals surface area contributed by atoms with Crippen LogP contribution in [0.1, 0.15) is 5.56 Å². The van der Waals surface area contributed by atoms with Gasteiger partial charge in [0.2, 0.25) is 10.0 Å². The fourth-order valence-electron chi connectivity index (χ4n) is 3.29. The van der Waals surface area contributed by atoms with E-state index in [9.17, 15) is 8.42 Å². The van der Waals surface area contributed by atoms with E-state index in [0.29, 0.717) is 11.4 Å². The maximum Gasteiger partial charge on any atom is 0.242 e. The van der Waals surface area contributed by atoms with Gasteiger partial charge in [0.05, 0.1) is 4.90 Å². The van der Waals surface area contributed by atoms with Crippen molar-refractivity contribution in [2.45, 2.75) is 11.4 Å². The van der Waals surface area contributed by atoms with Gasteiger partial charge in [-0.3, -0.25) is 4.99 Å². The van der Waals surface area contributed by atoms with Gasteiger partial charge in [-0.05, 0) is 23.8 Å². The fraction of sp³-hybridized carbons (Fsp3) is 0.400. The highest BCUT2D eigenvalue weighted by Crippen LogP contribution is 2.18. The zero-order valence-corrected chi connectivity index (χ0v) is 17.9. The molecule has 3 rings (SSSR count). The summed E-state index contributed by atoms with van der Waals surface area (Å²) in [5, 5.41) is 3.32. The standard InChI is InChI=1S/C20H28N6O2S/c1-21-20(26-14-12-25(13-15-26)19-10-6-7-11-22-19)23-16-17-8-4-5-9-18(17)29(27,28)24(2)3/h4-11H,12-16H2,1-3H3,(H,21,23). The second kappa shape index (κ2) is 9.23. The average Bonchev–Trinajstić information content (AvgIpc) is 2.75. The van der Waals surface area contributed by atoms with Crippen molar-refractivity contribution in [2.75, 3.05) is 52.2 Å². The maximum atomic E-state index is 12.6. The number of hydrogen-bond donors (Lipinski definition) is 1. The number of benzene rings is 1. The molecule has 1 aromatic heterocycles. The van der Waals surface area contributed by atoms with E-state index in [1.165, 1.54) is 4.31 Å². The Kier molecular flexibility index (Phi) is 6.71. The van der Waals surface area contributed by atoms with Gasteiger partial charge < -0.3 is 15.1 Å². The second-order valence-corrected chi connectivity index (χ2v) is 9.08. The average molecular weight is 417 g/mol. The van der Waals surface area contributed by atoms with Gasteiger partial charge in [-0.1, -0.05) is 24.3 Å². The molecule has 1 aliphatic heterocycles. The van der Waals surface area contributed by atoms with Crippen LogP contribution in [0.4, 0.5) is 5.82 Å². The first kappa shape index (κ1) is 21.1. The van der Waals surface area contributed by atoms with Crippen molar-refractivity contribution in [3.8, 4) is 0 Å². The summed E-state index contributed by atoms with van der Waals surface area (Å²) < 4.78 is 26.4. The molecule has 0 unspecified atom stereocenters. The third-order valence-corrected chi connectivity index (χ3v) is 6.85. The molecule has 1 saturated heterocycles. The molecule has 0 atom stereocenters. The molecule has 0 amide bonds. The van der Waals surface area contributed by atoms with E-state index in [4.69, 9.17) is 0 Å². The SMILES string of the molecule is CN=C(NCc1ccccc1S(=O)(=O)N(C)C)N1CCN(c2ccccn2)CC1. The van der Waals surface area contributed by atoms with Crippen molar-refractivity contribution in [1.29, 1.82) is 0 Å². The van der Waals surface area contributed by atoms with Crippen LogP contribution in [0.5, 0.6) is 0 Å². The van der Waals surface area contributed by atoms with Gasteiger partial charge in [0.15, 0.2) is 5.96 Å². The highest BCUT2D eigenvalue weighted by Gasteiger charge is 2.23. The van der Waals surface area contributed by atoms with E-state index >= 15 is 0 Å². The molecule has 0 aliphatic carbocycles. The molecule has 156 valence electrons. The Labute approximate surface area is 172 Å². The van der Waals surface area contributed by atoms with Crippen LogP contribution in [0.25, 0.3) is 0 Å². The smallest absolute Gasteiger partial charge is 0.242 e. The van der Waals surface area contributed by atoms with E-state index in [2.05, 4.69) is 25.1 Å². The molecule has 1 aliphatic rings. The zero-order valence-electron chi connectivity index (χ0n) is 17.1. The normalized spacial score (nSPS) is 15.7. The molecule has 1 aromatic carbocycles. The summed E-state index contributed by atoms with van der Waals surface area (Å²) >= 11 is 0. The van der Waals surface area contributed by atoms with Crippen LogP contribution >= 0.6 is 0 Å². The number of piperazine rings is 1. The van der Waals surface area contributed by atoms with Gasteiger partial charge in [-0.2, -0.15) is 0 Å². The number of nitrogens with zero attached hydrogens (tertiary/aromatic N) is 5. The first-order chi connectivity index (χ1) is 13.9. The summed E-state index contributed by atoms with van der Waals surface area (Å²) in [6.45, 7) is 3.71. The number of sulfonamides is 1. The minimum absolute atomic E-state index is 0.313. The quantitative estimate of drug-likeness (QED) is 0.583. The predicted molar refractivity (Wildman–Crippen MR) is 116 cm³/mol. The van der Waals surface area contributed by atoms with Crippen LogP contribution in [0, 0.1) is 0 Å². The largest absolute Gasteiger partial charge is 0.353 e. The summed E-state index contributed by atoms with van der Waals surface area (Å²) in [6, 6.07) is 13.0. The van der Waals surface area contributed by atoms with Crippen molar-refractivity contribution < 1.29 is 8.42 Å². The van der Waals surface area contributed by atoms with Gasteiger partial charge >= 0.3 is 0 Å². The van der Waals surface area contributed by atoms with E-state index in [1.54, 1.807) is 39.5 Å². The van der Waals surface area contributed by atoms with Crippen molar-refractivity contribution in [2.24, 2.45) is 4.99 Å². The maximum absolute atomic E-state index is 12.6. The van der Waals surface area contributed by atoms with Crippen LogP contribution < -0.4 is 10.2 Å². The Morgan fingerprint density at radius 3 is 2.41 bits per heavy atom. The number of anilines is 1. The highest BCUT2D eigenvalue weighted by molar-refractivity contribution is 7.89. The zero-order chi connectivity index (χ0) is 20.9. The molecule has 1 fully saturated rings. The number of aliphatic imine (C=N–C) groups is 1. The molecule has 0 radical (unpaired) electrons. The van der Waals surface area contributed by atoms with Crippen LogP contribution in [0.3, 0.4) is 0 Å². The lowest BCUT2D eigenvalue weighted by molar-refractivity contribution is 0.371. The summed E-state index contributed by atoms with van der Waals surface area (Å²) in [5.74, 6) is 1.75. The summed E-state index contributed by atoms with van der Waals surface area (Å²) in [5.41, 5.74) is 0.717. The Morgan fingerprint density at radius 2 is 1.79 bits per heavy atom. The number of pyridine rings is 1. The molecule has 29 heavy (non-hydrogen) atoms. The highest BCUT2D eigenvalue weighted by atomic mass is 32.2. The minimum atomic E-state index is -3.50. The number of guanidine groups is 1. The monoisotopic (exact) mass is 416 g/mol. The third-order valence-electron chi connectivity index (χ3n) is 4.93. The van der Waals surface area contributed by atoms with Crippen molar-refractivity contribution in [3.63, 3.8) is 0 Å². The lowest BCUT2D eigenvalue weighted by Crippen LogP contribution is -2.52. The molecule has 2 heterocycles. The van der Waals surface area contributed by atoms with Crippen LogP contribution in [-0.4, -0.2) is 75.9 Å². The Hall–Kier alpha value is -2.65. The number of aromatic nitrogens is 1. The molecule has 0 bridgehead atoms. The molecule has 9 heteroatoms. The Bertz CT molecular complexity index is 938. The first-order valence-electron chi connectivity index (χ1n) is 9.55. The molecule has 0 spiro atoms. The predicted octanol–water partition coefficient (Wildman–Crippen LogP) is 1.23. The van der Waals surface area contributed by atoms with Crippen LogP contribution in [0.15, 0.2) is 58.5 Å². The van der Waals surface area contributed by atoms with E-state index in [-0.39, 0.29) is 0 Å². The molecular formula is C20H28N6O2S. The number of rotatable bonds is 5. The lowest BCUT2D eigenvalue weighted by Gasteiger charge is -2.37. The van der Waals surface area contributed by atoms with Crippen molar-refractivity contribution >= 4 is 21.8 Å². The van der Waals surface area contributed by atoms with Crippen molar-refractivity contribution in [1.82, 2.24) is 19.5 Å². The molecule has 8 nitrogen and oxygen atoms in total. The molecule has 0 saturated carbocycles. The Morgan fingerprint density at radius 1 is 1.10 bits per heavy atom. The summed E-state index contributed by atoms with van der Waals surface area (Å²) in [6.07, 6.45) is 1.81. The topological polar surface area (TPSA) is 81.1 Å². The van der Waals surface area contributed by atoms with Gasteiger partial charge in [0.1, 0.15) is 5.82 Å². The number of hydrogen-bond acceptors (Lipinski definition) is 5. The second-order valence-electron chi connectivity index (χ2n) is 6.96. The van der Waals surface area contributed by atoms with Gasteiger partial charge in [-0.15, -0.1) is 0 Å². The van der Waals surface area contributed by atoms with Gasteiger partial charge in [-0.25, -0.2) is 17.7 Å². The van der Waals surface area contributed by atoms with Gasteiger partial charge in [0, 0.05) is 60.1 Å². The van der Waals surface area contributed by atoms with Crippen LogP contribution in [0.2, 0.25) is 0 Å². The van der Waals surface area contributed by atoms with Crippen molar-refractivity contribution in [3.05, 3.63) is 54.2 Å².